The second-order valence-electron chi connectivity index (χ2n) is 5.41. The average Bonchev–Trinajstić information content (AvgIpc) is 3.14. The molecule has 5 heteroatoms. The summed E-state index contributed by atoms with van der Waals surface area (Å²) in [6, 6.07) is 2.62. The van der Waals surface area contributed by atoms with Gasteiger partial charge in [0.25, 0.3) is 0 Å². The minimum atomic E-state index is 0.301. The van der Waals surface area contributed by atoms with E-state index in [1.807, 2.05) is 0 Å². The van der Waals surface area contributed by atoms with Crippen LogP contribution in [0.1, 0.15) is 18.4 Å². The van der Waals surface area contributed by atoms with E-state index in [1.54, 1.807) is 11.3 Å². The molecule has 1 saturated heterocycles. The molecular weight excluding hydrogens is 258 g/mol. The van der Waals surface area contributed by atoms with Crippen LogP contribution in [0.2, 0.25) is 0 Å². The van der Waals surface area contributed by atoms with Crippen molar-refractivity contribution in [2.75, 3.05) is 32.7 Å². The summed E-state index contributed by atoms with van der Waals surface area (Å²) in [6.45, 7) is 5.36. The number of nitrogens with zero attached hydrogens (tertiary/aromatic N) is 2. The van der Waals surface area contributed by atoms with Crippen molar-refractivity contribution in [3.05, 3.63) is 22.4 Å². The van der Waals surface area contributed by atoms with Crippen molar-refractivity contribution in [3.63, 3.8) is 0 Å². The second-order valence-corrected chi connectivity index (χ2v) is 6.19. The molecule has 0 radical (unpaired) electrons. The fourth-order valence-corrected chi connectivity index (χ4v) is 3.20. The third-order valence-corrected chi connectivity index (χ3v) is 4.54. The number of rotatable bonds is 5. The van der Waals surface area contributed by atoms with Gasteiger partial charge in [0.15, 0.2) is 0 Å². The summed E-state index contributed by atoms with van der Waals surface area (Å²) in [7, 11) is 0. The van der Waals surface area contributed by atoms with Crippen molar-refractivity contribution in [1.29, 1.82) is 0 Å². The van der Waals surface area contributed by atoms with Gasteiger partial charge in [-0.25, -0.2) is 0 Å². The molecule has 1 amide bonds. The number of amides is 1. The minimum absolute atomic E-state index is 0.301. The Hall–Kier alpha value is -0.910. The summed E-state index contributed by atoms with van der Waals surface area (Å²) in [5.74, 6) is 0.301. The van der Waals surface area contributed by atoms with Crippen LogP contribution in [0.15, 0.2) is 16.8 Å². The van der Waals surface area contributed by atoms with Crippen molar-refractivity contribution in [2.24, 2.45) is 0 Å². The van der Waals surface area contributed by atoms with E-state index in [9.17, 15) is 4.79 Å². The van der Waals surface area contributed by atoms with Crippen LogP contribution in [0.3, 0.4) is 0 Å². The van der Waals surface area contributed by atoms with Crippen LogP contribution in [0.5, 0.6) is 0 Å². The summed E-state index contributed by atoms with van der Waals surface area (Å²) in [5, 5.41) is 7.55. The molecule has 0 spiro atoms. The largest absolute Gasteiger partial charge is 0.334 e. The van der Waals surface area contributed by atoms with Crippen molar-refractivity contribution >= 4 is 17.2 Å². The highest BCUT2D eigenvalue weighted by molar-refractivity contribution is 7.07. The number of carbonyl (C=O) groups is 1. The number of carbonyl (C=O) groups excluding carboxylic acids is 1. The molecule has 3 rings (SSSR count). The number of piperazine rings is 1. The third kappa shape index (κ3) is 3.55. The first-order valence-electron chi connectivity index (χ1n) is 7.06. The fraction of sp³-hybridized carbons (Fsp3) is 0.643. The molecule has 1 saturated carbocycles. The molecule has 2 fully saturated rings. The first kappa shape index (κ1) is 13.1. The standard InChI is InChI=1S/C14H21N3OS/c18-14(10-16-6-4-15-5-7-16)17(13-1-2-13)9-12-3-8-19-11-12/h3,8,11,13,15H,1-2,4-7,9-10H2. The highest BCUT2D eigenvalue weighted by atomic mass is 32.1. The Kier molecular flexibility index (Phi) is 4.15. The fourth-order valence-electron chi connectivity index (χ4n) is 2.54. The van der Waals surface area contributed by atoms with Gasteiger partial charge in [-0.3, -0.25) is 9.69 Å². The summed E-state index contributed by atoms with van der Waals surface area (Å²) in [6.07, 6.45) is 2.36. The first-order valence-corrected chi connectivity index (χ1v) is 8.01. The van der Waals surface area contributed by atoms with E-state index in [0.717, 1.165) is 32.7 Å². The molecule has 1 aromatic heterocycles. The highest BCUT2D eigenvalue weighted by Crippen LogP contribution is 2.29. The predicted octanol–water partition coefficient (Wildman–Crippen LogP) is 1.14. The number of thiophene rings is 1. The summed E-state index contributed by atoms with van der Waals surface area (Å²) >= 11 is 1.70. The lowest BCUT2D eigenvalue weighted by atomic mass is 10.3. The van der Waals surface area contributed by atoms with E-state index in [-0.39, 0.29) is 0 Å². The monoisotopic (exact) mass is 279 g/mol. The Morgan fingerprint density at radius 3 is 2.84 bits per heavy atom. The van der Waals surface area contributed by atoms with Crippen molar-refractivity contribution < 1.29 is 4.79 Å². The molecular formula is C14H21N3OS. The Balaban J connectivity index is 1.57. The van der Waals surface area contributed by atoms with E-state index in [0.29, 0.717) is 18.5 Å². The van der Waals surface area contributed by atoms with Gasteiger partial charge in [0.05, 0.1) is 6.54 Å². The Morgan fingerprint density at radius 1 is 1.42 bits per heavy atom. The summed E-state index contributed by atoms with van der Waals surface area (Å²) in [4.78, 5) is 16.8. The van der Waals surface area contributed by atoms with Gasteiger partial charge in [0.2, 0.25) is 5.91 Å². The van der Waals surface area contributed by atoms with E-state index >= 15 is 0 Å². The maximum atomic E-state index is 12.5. The van der Waals surface area contributed by atoms with Crippen LogP contribution in [-0.2, 0) is 11.3 Å². The molecule has 0 bridgehead atoms. The minimum Gasteiger partial charge on any atom is -0.334 e. The van der Waals surface area contributed by atoms with Crippen LogP contribution in [-0.4, -0.2) is 54.5 Å². The van der Waals surface area contributed by atoms with E-state index in [2.05, 4.69) is 31.9 Å². The summed E-state index contributed by atoms with van der Waals surface area (Å²) < 4.78 is 0. The quantitative estimate of drug-likeness (QED) is 0.878. The molecule has 104 valence electrons. The molecule has 2 heterocycles. The molecule has 1 N–H and O–H groups in total. The van der Waals surface area contributed by atoms with Crippen LogP contribution >= 0.6 is 11.3 Å². The molecule has 4 nitrogen and oxygen atoms in total. The van der Waals surface area contributed by atoms with Gasteiger partial charge in [-0.1, -0.05) is 0 Å². The Labute approximate surface area is 118 Å². The highest BCUT2D eigenvalue weighted by Gasteiger charge is 2.33. The first-order chi connectivity index (χ1) is 9.33. The van der Waals surface area contributed by atoms with E-state index in [1.165, 1.54) is 18.4 Å². The molecule has 1 aliphatic heterocycles. The summed E-state index contributed by atoms with van der Waals surface area (Å²) in [5.41, 5.74) is 1.27. The lowest BCUT2D eigenvalue weighted by Gasteiger charge is -2.30. The molecule has 1 aromatic rings. The lowest BCUT2D eigenvalue weighted by molar-refractivity contribution is -0.133. The van der Waals surface area contributed by atoms with Gasteiger partial charge in [0, 0.05) is 38.8 Å². The lowest BCUT2D eigenvalue weighted by Crippen LogP contribution is -2.48. The smallest absolute Gasteiger partial charge is 0.237 e. The van der Waals surface area contributed by atoms with E-state index < -0.39 is 0 Å². The molecule has 0 unspecified atom stereocenters. The topological polar surface area (TPSA) is 35.6 Å². The average molecular weight is 279 g/mol. The Morgan fingerprint density at radius 2 is 2.21 bits per heavy atom. The zero-order valence-electron chi connectivity index (χ0n) is 11.2. The molecule has 2 aliphatic rings. The predicted molar refractivity (Wildman–Crippen MR) is 77.2 cm³/mol. The second kappa shape index (κ2) is 6.03. The molecule has 1 aliphatic carbocycles. The maximum Gasteiger partial charge on any atom is 0.237 e. The van der Waals surface area contributed by atoms with Gasteiger partial charge in [-0.2, -0.15) is 11.3 Å². The van der Waals surface area contributed by atoms with Crippen LogP contribution < -0.4 is 5.32 Å². The molecule has 19 heavy (non-hydrogen) atoms. The number of hydrogen-bond donors (Lipinski definition) is 1. The Bertz CT molecular complexity index is 410. The van der Waals surface area contributed by atoms with Gasteiger partial charge in [0.1, 0.15) is 0 Å². The number of hydrogen-bond acceptors (Lipinski definition) is 4. The van der Waals surface area contributed by atoms with Gasteiger partial charge in [-0.05, 0) is 35.2 Å². The zero-order valence-corrected chi connectivity index (χ0v) is 12.0. The zero-order chi connectivity index (χ0) is 13.1. The van der Waals surface area contributed by atoms with Crippen LogP contribution in [0, 0.1) is 0 Å². The maximum absolute atomic E-state index is 12.5. The van der Waals surface area contributed by atoms with Crippen molar-refractivity contribution in [3.8, 4) is 0 Å². The van der Waals surface area contributed by atoms with Crippen LogP contribution in [0.4, 0.5) is 0 Å². The van der Waals surface area contributed by atoms with E-state index in [4.69, 9.17) is 0 Å². The van der Waals surface area contributed by atoms with Gasteiger partial charge >= 0.3 is 0 Å². The number of nitrogens with one attached hydrogen (secondary N) is 1. The molecule has 0 atom stereocenters. The molecule has 0 aromatic carbocycles. The van der Waals surface area contributed by atoms with Gasteiger partial charge < -0.3 is 10.2 Å². The SMILES string of the molecule is O=C(CN1CCNCC1)N(Cc1ccsc1)C1CC1. The normalized spacial score (nSPS) is 20.4. The third-order valence-electron chi connectivity index (χ3n) is 3.81. The van der Waals surface area contributed by atoms with Gasteiger partial charge in [-0.15, -0.1) is 0 Å². The van der Waals surface area contributed by atoms with Crippen molar-refractivity contribution in [2.45, 2.75) is 25.4 Å². The van der Waals surface area contributed by atoms with Crippen molar-refractivity contribution in [1.82, 2.24) is 15.1 Å². The van der Waals surface area contributed by atoms with Crippen LogP contribution in [0.25, 0.3) is 0 Å².